The Morgan fingerprint density at radius 2 is 2.07 bits per heavy atom. The van der Waals surface area contributed by atoms with E-state index in [0.717, 1.165) is 33.1 Å². The van der Waals surface area contributed by atoms with Gasteiger partial charge in [-0.3, -0.25) is 14.6 Å². The molecule has 1 aliphatic heterocycles. The van der Waals surface area contributed by atoms with Gasteiger partial charge in [0.25, 0.3) is 0 Å². The molecule has 148 valence electrons. The fourth-order valence-electron chi connectivity index (χ4n) is 3.70. The van der Waals surface area contributed by atoms with E-state index in [1.54, 1.807) is 10.9 Å². The molecule has 29 heavy (non-hydrogen) atoms. The molecule has 1 saturated heterocycles. The highest BCUT2D eigenvalue weighted by molar-refractivity contribution is 6.08. The lowest BCUT2D eigenvalue weighted by atomic mass is 10.1. The van der Waals surface area contributed by atoms with Crippen molar-refractivity contribution >= 4 is 33.5 Å². The second kappa shape index (κ2) is 7.17. The first-order chi connectivity index (χ1) is 14.2. The molecular weight excluding hydrogens is 370 g/mol. The molecule has 9 heteroatoms. The number of ether oxygens (including phenoxy) is 1. The number of aromatic amines is 1. The normalized spacial score (nSPS) is 14.7. The zero-order chi connectivity index (χ0) is 19.8. The van der Waals surface area contributed by atoms with Crippen molar-refractivity contribution in [3.63, 3.8) is 0 Å². The van der Waals surface area contributed by atoms with E-state index < -0.39 is 0 Å². The monoisotopic (exact) mass is 391 g/mol. The molecule has 0 unspecified atom stereocenters. The number of hydrogen-bond donors (Lipinski definition) is 2. The Balaban J connectivity index is 1.43. The van der Waals surface area contributed by atoms with E-state index in [1.807, 2.05) is 35.4 Å². The summed E-state index contributed by atoms with van der Waals surface area (Å²) in [6, 6.07) is 7.85. The molecule has 0 radical (unpaired) electrons. The van der Waals surface area contributed by atoms with Crippen LogP contribution >= 0.6 is 0 Å². The Hall–Kier alpha value is -3.46. The van der Waals surface area contributed by atoms with E-state index in [2.05, 4.69) is 15.2 Å². The third-order valence-electron chi connectivity index (χ3n) is 5.25. The predicted molar refractivity (Wildman–Crippen MR) is 109 cm³/mol. The van der Waals surface area contributed by atoms with Crippen LogP contribution in [0.5, 0.6) is 0 Å². The summed E-state index contributed by atoms with van der Waals surface area (Å²) in [4.78, 5) is 18.8. The number of hydrogen-bond acceptors (Lipinski definition) is 6. The van der Waals surface area contributed by atoms with Crippen LogP contribution in [-0.4, -0.2) is 62.1 Å². The average molecular weight is 391 g/mol. The van der Waals surface area contributed by atoms with Crippen molar-refractivity contribution in [2.24, 2.45) is 0 Å². The molecule has 1 aliphatic rings. The molecule has 4 heterocycles. The maximum atomic E-state index is 12.4. The minimum atomic E-state index is 0.118. The Bertz CT molecular complexity index is 1180. The van der Waals surface area contributed by atoms with E-state index in [0.29, 0.717) is 45.1 Å². The number of morpholine rings is 1. The third-order valence-corrected chi connectivity index (χ3v) is 5.25. The second-order valence-corrected chi connectivity index (χ2v) is 7.09. The van der Waals surface area contributed by atoms with Gasteiger partial charge in [-0.2, -0.15) is 10.2 Å². The summed E-state index contributed by atoms with van der Waals surface area (Å²) in [6.45, 7) is 3.01. The molecule has 0 bridgehead atoms. The van der Waals surface area contributed by atoms with Crippen molar-refractivity contribution in [2.75, 3.05) is 32.0 Å². The predicted octanol–water partition coefficient (Wildman–Crippen LogP) is 1.81. The van der Waals surface area contributed by atoms with Gasteiger partial charge in [0, 0.05) is 49.4 Å². The van der Waals surface area contributed by atoms with Crippen molar-refractivity contribution in [3.05, 3.63) is 36.7 Å². The lowest BCUT2D eigenvalue weighted by Gasteiger charge is -2.26. The topological polar surface area (TPSA) is 115 Å². The van der Waals surface area contributed by atoms with Crippen molar-refractivity contribution in [1.82, 2.24) is 29.9 Å². The van der Waals surface area contributed by atoms with Gasteiger partial charge in [0.05, 0.1) is 29.8 Å². The maximum absolute atomic E-state index is 12.4. The van der Waals surface area contributed by atoms with Gasteiger partial charge in [0.2, 0.25) is 5.91 Å². The summed E-state index contributed by atoms with van der Waals surface area (Å²) in [5.74, 6) is 0.546. The molecule has 0 spiro atoms. The number of rotatable bonds is 4. The van der Waals surface area contributed by atoms with Crippen LogP contribution in [0.2, 0.25) is 0 Å². The van der Waals surface area contributed by atoms with Crippen LogP contribution in [0.15, 0.2) is 36.7 Å². The van der Waals surface area contributed by atoms with Crippen LogP contribution < -0.4 is 5.73 Å². The minimum absolute atomic E-state index is 0.118. The summed E-state index contributed by atoms with van der Waals surface area (Å²) in [5, 5.41) is 13.4. The number of amides is 1. The molecule has 4 aromatic rings. The fraction of sp³-hybridized carbons (Fsp3) is 0.300. The van der Waals surface area contributed by atoms with Crippen LogP contribution in [0, 0.1) is 0 Å². The minimum Gasteiger partial charge on any atom is -0.383 e. The van der Waals surface area contributed by atoms with Crippen molar-refractivity contribution < 1.29 is 9.53 Å². The number of benzene rings is 1. The number of nitrogens with zero attached hydrogens (tertiary/aromatic N) is 5. The molecule has 0 saturated carbocycles. The van der Waals surface area contributed by atoms with Gasteiger partial charge >= 0.3 is 0 Å². The Labute approximate surface area is 166 Å². The van der Waals surface area contributed by atoms with Crippen LogP contribution in [0.25, 0.3) is 33.1 Å². The second-order valence-electron chi connectivity index (χ2n) is 7.09. The number of nitrogen functional groups attached to an aromatic ring is 1. The van der Waals surface area contributed by atoms with E-state index >= 15 is 0 Å². The van der Waals surface area contributed by atoms with Crippen molar-refractivity contribution in [1.29, 1.82) is 0 Å². The number of carbonyl (C=O) groups is 1. The number of H-pyrrole nitrogens is 1. The number of fused-ring (bicyclic) bond motifs is 3. The van der Waals surface area contributed by atoms with Crippen LogP contribution in [0.3, 0.4) is 0 Å². The summed E-state index contributed by atoms with van der Waals surface area (Å²) < 4.78 is 7.08. The lowest BCUT2D eigenvalue weighted by molar-refractivity contribution is -0.135. The first kappa shape index (κ1) is 17.6. The average Bonchev–Trinajstić information content (AvgIpc) is 3.43. The quantitative estimate of drug-likeness (QED) is 0.548. The van der Waals surface area contributed by atoms with E-state index in [9.17, 15) is 4.79 Å². The highest BCUT2D eigenvalue weighted by atomic mass is 16.5. The van der Waals surface area contributed by atoms with Gasteiger partial charge in [-0.1, -0.05) is 6.07 Å². The molecule has 5 rings (SSSR count). The van der Waals surface area contributed by atoms with E-state index in [1.165, 1.54) is 0 Å². The van der Waals surface area contributed by atoms with Crippen molar-refractivity contribution in [2.45, 2.75) is 13.0 Å². The van der Waals surface area contributed by atoms with E-state index in [4.69, 9.17) is 15.6 Å². The first-order valence-electron chi connectivity index (χ1n) is 9.61. The number of aryl methyl sites for hydroxylation is 1. The highest BCUT2D eigenvalue weighted by Gasteiger charge is 2.17. The Morgan fingerprint density at radius 1 is 1.21 bits per heavy atom. The van der Waals surface area contributed by atoms with Gasteiger partial charge in [0.15, 0.2) is 0 Å². The zero-order valence-electron chi connectivity index (χ0n) is 15.8. The molecule has 0 aliphatic carbocycles. The summed E-state index contributed by atoms with van der Waals surface area (Å²) in [6.07, 6.45) is 4.04. The summed E-state index contributed by atoms with van der Waals surface area (Å²) >= 11 is 0. The third kappa shape index (κ3) is 3.29. The maximum Gasteiger partial charge on any atom is 0.224 e. The standard InChI is InChI=1S/C20H21N7O2/c21-20-15-12-27(6-4-18(28)26-7-9-29-10-8-26)25-19(15)14-2-1-13(11-17(14)23-20)16-3-5-22-24-16/h1-3,5,11-12H,4,6-10H2,(H2,21,23)(H,22,24). The van der Waals surface area contributed by atoms with Crippen LogP contribution in [0.4, 0.5) is 5.82 Å². The van der Waals surface area contributed by atoms with Gasteiger partial charge in [-0.15, -0.1) is 0 Å². The Morgan fingerprint density at radius 3 is 2.86 bits per heavy atom. The van der Waals surface area contributed by atoms with E-state index in [-0.39, 0.29) is 5.91 Å². The summed E-state index contributed by atoms with van der Waals surface area (Å²) in [5.41, 5.74) is 9.57. The molecule has 9 nitrogen and oxygen atoms in total. The first-order valence-corrected chi connectivity index (χ1v) is 9.61. The molecule has 3 aromatic heterocycles. The van der Waals surface area contributed by atoms with Gasteiger partial charge in [0.1, 0.15) is 11.3 Å². The largest absolute Gasteiger partial charge is 0.383 e. The van der Waals surface area contributed by atoms with Crippen molar-refractivity contribution in [3.8, 4) is 11.3 Å². The SMILES string of the molecule is Nc1nc2cc(-c3cc[nH]n3)ccc2c2nn(CCC(=O)N3CCOCC3)cc12. The summed E-state index contributed by atoms with van der Waals surface area (Å²) in [7, 11) is 0. The number of pyridine rings is 1. The molecule has 1 aromatic carbocycles. The smallest absolute Gasteiger partial charge is 0.224 e. The molecule has 3 N–H and O–H groups in total. The zero-order valence-corrected chi connectivity index (χ0v) is 15.8. The van der Waals surface area contributed by atoms with Gasteiger partial charge < -0.3 is 15.4 Å². The van der Waals surface area contributed by atoms with Crippen LogP contribution in [-0.2, 0) is 16.1 Å². The Kier molecular flexibility index (Phi) is 4.36. The van der Waals surface area contributed by atoms with Gasteiger partial charge in [-0.25, -0.2) is 4.98 Å². The number of nitrogens with two attached hydrogens (primary N) is 1. The lowest BCUT2D eigenvalue weighted by Crippen LogP contribution is -2.40. The van der Waals surface area contributed by atoms with Gasteiger partial charge in [-0.05, 0) is 18.2 Å². The number of carbonyl (C=O) groups excluding carboxylic acids is 1. The number of aromatic nitrogens is 5. The fourth-order valence-corrected chi connectivity index (χ4v) is 3.70. The molecule has 0 atom stereocenters. The molecule has 1 fully saturated rings. The van der Waals surface area contributed by atoms with Crippen LogP contribution in [0.1, 0.15) is 6.42 Å². The molecular formula is C20H21N7O2. The number of nitrogens with one attached hydrogen (secondary N) is 1. The highest BCUT2D eigenvalue weighted by Crippen LogP contribution is 2.29. The number of anilines is 1. The molecule has 1 amide bonds.